The molecule has 0 saturated carbocycles. The lowest BCUT2D eigenvalue weighted by atomic mass is 10.1. The lowest BCUT2D eigenvalue weighted by molar-refractivity contribution is -0.139. The van der Waals surface area contributed by atoms with Gasteiger partial charge in [-0.25, -0.2) is 14.0 Å². The van der Waals surface area contributed by atoms with E-state index >= 15 is 0 Å². The third-order valence-corrected chi connectivity index (χ3v) is 3.62. The van der Waals surface area contributed by atoms with Crippen molar-refractivity contribution in [2.24, 2.45) is 0 Å². The molecule has 0 aliphatic rings. The summed E-state index contributed by atoms with van der Waals surface area (Å²) in [6.45, 7) is 0.0323. The summed E-state index contributed by atoms with van der Waals surface area (Å²) in [5.41, 5.74) is 1.23. The number of nitrogens with one attached hydrogen (secondary N) is 1. The van der Waals surface area contributed by atoms with Crippen molar-refractivity contribution in [3.63, 3.8) is 0 Å². The minimum Gasteiger partial charge on any atom is -0.480 e. The van der Waals surface area contributed by atoms with Gasteiger partial charge in [0.25, 0.3) is 0 Å². The normalized spacial score (nSPS) is 11.6. The number of carboxylic acids is 1. The summed E-state index contributed by atoms with van der Waals surface area (Å²) in [5, 5.41) is 11.5. The summed E-state index contributed by atoms with van der Waals surface area (Å²) in [4.78, 5) is 23.1. The Kier molecular flexibility index (Phi) is 6.31. The van der Waals surface area contributed by atoms with Gasteiger partial charge in [0.05, 0.1) is 0 Å². The highest BCUT2D eigenvalue weighted by Gasteiger charge is 2.21. The van der Waals surface area contributed by atoms with E-state index in [1.807, 2.05) is 6.07 Å². The first-order valence-electron chi connectivity index (χ1n) is 7.09. The number of rotatable bonds is 6. The fourth-order valence-electron chi connectivity index (χ4n) is 2.07. The van der Waals surface area contributed by atoms with Gasteiger partial charge in [0.2, 0.25) is 0 Å². The molecule has 5 nitrogen and oxygen atoms in total. The second kappa shape index (κ2) is 8.44. The zero-order valence-corrected chi connectivity index (χ0v) is 14.1. The highest BCUT2D eigenvalue weighted by Crippen LogP contribution is 2.16. The van der Waals surface area contributed by atoms with Gasteiger partial charge in [0.15, 0.2) is 0 Å². The minimum atomic E-state index is -1.23. The maximum atomic E-state index is 13.4. The Bertz CT molecular complexity index is 704. The van der Waals surface area contributed by atoms with Crippen molar-refractivity contribution in [2.45, 2.75) is 19.1 Å². The number of halogens is 2. The van der Waals surface area contributed by atoms with Gasteiger partial charge in [0.1, 0.15) is 18.5 Å². The highest BCUT2D eigenvalue weighted by molar-refractivity contribution is 9.10. The Labute approximate surface area is 146 Å². The molecule has 0 bridgehead atoms. The summed E-state index contributed by atoms with van der Waals surface area (Å²) in [6, 6.07) is 11.9. The molecule has 2 N–H and O–H groups in total. The molecule has 0 spiro atoms. The Balaban J connectivity index is 1.95. The molecular weight excluding hydrogens is 381 g/mol. The van der Waals surface area contributed by atoms with Gasteiger partial charge >= 0.3 is 12.1 Å². The van der Waals surface area contributed by atoms with Crippen molar-refractivity contribution in [3.05, 3.63) is 69.9 Å². The van der Waals surface area contributed by atoms with Crippen LogP contribution >= 0.6 is 15.9 Å². The van der Waals surface area contributed by atoms with Crippen LogP contribution in [0.25, 0.3) is 0 Å². The molecule has 0 radical (unpaired) electrons. The molecule has 0 heterocycles. The number of benzene rings is 2. The predicted molar refractivity (Wildman–Crippen MR) is 89.0 cm³/mol. The molecule has 1 amide bonds. The van der Waals surface area contributed by atoms with E-state index in [4.69, 9.17) is 4.74 Å². The zero-order valence-electron chi connectivity index (χ0n) is 12.5. The number of hydrogen-bond acceptors (Lipinski definition) is 3. The number of carboxylic acid groups (broad SMARTS) is 1. The molecule has 2 aromatic carbocycles. The third kappa shape index (κ3) is 5.66. The van der Waals surface area contributed by atoms with Gasteiger partial charge in [-0.3, -0.25) is 0 Å². The smallest absolute Gasteiger partial charge is 0.408 e. The summed E-state index contributed by atoms with van der Waals surface area (Å²) < 4.78 is 18.9. The van der Waals surface area contributed by atoms with E-state index in [1.54, 1.807) is 30.3 Å². The summed E-state index contributed by atoms with van der Waals surface area (Å²) in [5.74, 6) is -1.72. The maximum Gasteiger partial charge on any atom is 0.408 e. The average molecular weight is 396 g/mol. The third-order valence-electron chi connectivity index (χ3n) is 3.17. The first kappa shape index (κ1) is 17.9. The monoisotopic (exact) mass is 395 g/mol. The van der Waals surface area contributed by atoms with E-state index in [0.29, 0.717) is 10.0 Å². The standard InChI is InChI=1S/C17H15BrFNO4/c18-13-6-12(7-14(19)9-13)8-15(16(21)22)20-17(23)24-10-11-4-2-1-3-5-11/h1-7,9,15H,8,10H2,(H,20,23)(H,21,22). The van der Waals surface area contributed by atoms with Crippen LogP contribution in [0.2, 0.25) is 0 Å². The number of aliphatic carboxylic acids is 1. The van der Waals surface area contributed by atoms with Gasteiger partial charge < -0.3 is 15.2 Å². The predicted octanol–water partition coefficient (Wildman–Crippen LogP) is 3.51. The van der Waals surface area contributed by atoms with Crippen LogP contribution < -0.4 is 5.32 Å². The SMILES string of the molecule is O=C(NC(Cc1cc(F)cc(Br)c1)C(=O)O)OCc1ccccc1. The molecule has 0 aliphatic carbocycles. The van der Waals surface area contributed by atoms with E-state index in [2.05, 4.69) is 21.2 Å². The summed E-state index contributed by atoms with van der Waals surface area (Å²) in [7, 11) is 0. The molecule has 7 heteroatoms. The zero-order chi connectivity index (χ0) is 17.5. The Morgan fingerprint density at radius 2 is 1.88 bits per heavy atom. The molecule has 1 unspecified atom stereocenters. The average Bonchev–Trinajstić information content (AvgIpc) is 2.52. The number of amides is 1. The molecule has 24 heavy (non-hydrogen) atoms. The van der Waals surface area contributed by atoms with E-state index in [1.165, 1.54) is 12.1 Å². The number of hydrogen-bond donors (Lipinski definition) is 2. The number of carbonyl (C=O) groups is 2. The van der Waals surface area contributed by atoms with Crippen molar-refractivity contribution in [1.29, 1.82) is 0 Å². The van der Waals surface area contributed by atoms with Gasteiger partial charge in [-0.2, -0.15) is 0 Å². The number of alkyl carbamates (subject to hydrolysis) is 1. The van der Waals surface area contributed by atoms with Crippen molar-refractivity contribution < 1.29 is 23.8 Å². The van der Waals surface area contributed by atoms with Crippen molar-refractivity contribution in [1.82, 2.24) is 5.32 Å². The van der Waals surface area contributed by atoms with Crippen LogP contribution in [0.5, 0.6) is 0 Å². The molecule has 2 rings (SSSR count). The molecule has 0 fully saturated rings. The Morgan fingerprint density at radius 1 is 1.17 bits per heavy atom. The second-order valence-electron chi connectivity index (χ2n) is 5.08. The molecule has 0 aliphatic heterocycles. The first-order valence-corrected chi connectivity index (χ1v) is 7.88. The summed E-state index contributed by atoms with van der Waals surface area (Å²) in [6.07, 6.45) is -0.909. The van der Waals surface area contributed by atoms with Crippen LogP contribution in [0.1, 0.15) is 11.1 Å². The van der Waals surface area contributed by atoms with Crippen molar-refractivity contribution >= 4 is 28.0 Å². The quantitative estimate of drug-likeness (QED) is 0.784. The van der Waals surface area contributed by atoms with E-state index in [0.717, 1.165) is 5.56 Å². The molecule has 1 atom stereocenters. The Hall–Kier alpha value is -2.41. The topological polar surface area (TPSA) is 75.6 Å². The molecule has 0 aromatic heterocycles. The maximum absolute atomic E-state index is 13.4. The fraction of sp³-hybridized carbons (Fsp3) is 0.176. The van der Waals surface area contributed by atoms with Crippen LogP contribution in [0.15, 0.2) is 53.0 Å². The van der Waals surface area contributed by atoms with Crippen LogP contribution in [-0.2, 0) is 22.6 Å². The molecule has 0 saturated heterocycles. The van der Waals surface area contributed by atoms with Crippen LogP contribution in [-0.4, -0.2) is 23.2 Å². The molecule has 2 aromatic rings. The van der Waals surface area contributed by atoms with E-state index in [9.17, 15) is 19.1 Å². The van der Waals surface area contributed by atoms with Crippen LogP contribution in [0.4, 0.5) is 9.18 Å². The molecular formula is C17H15BrFNO4. The second-order valence-corrected chi connectivity index (χ2v) is 5.99. The first-order chi connectivity index (χ1) is 11.4. The van der Waals surface area contributed by atoms with Crippen molar-refractivity contribution in [2.75, 3.05) is 0 Å². The number of ether oxygens (including phenoxy) is 1. The van der Waals surface area contributed by atoms with Crippen LogP contribution in [0.3, 0.4) is 0 Å². The largest absolute Gasteiger partial charge is 0.480 e. The van der Waals surface area contributed by atoms with Gasteiger partial charge in [0, 0.05) is 10.9 Å². The van der Waals surface area contributed by atoms with Crippen LogP contribution in [0, 0.1) is 5.82 Å². The highest BCUT2D eigenvalue weighted by atomic mass is 79.9. The van der Waals surface area contributed by atoms with Gasteiger partial charge in [-0.15, -0.1) is 0 Å². The summed E-state index contributed by atoms with van der Waals surface area (Å²) >= 11 is 3.14. The lowest BCUT2D eigenvalue weighted by Crippen LogP contribution is -2.42. The van der Waals surface area contributed by atoms with Gasteiger partial charge in [-0.05, 0) is 29.3 Å². The minimum absolute atomic E-state index is 0.0323. The molecule has 126 valence electrons. The van der Waals surface area contributed by atoms with E-state index < -0.39 is 23.9 Å². The lowest BCUT2D eigenvalue weighted by Gasteiger charge is -2.15. The van der Waals surface area contributed by atoms with Crippen molar-refractivity contribution in [3.8, 4) is 0 Å². The number of carbonyl (C=O) groups excluding carboxylic acids is 1. The Morgan fingerprint density at radius 3 is 2.50 bits per heavy atom. The van der Waals surface area contributed by atoms with E-state index in [-0.39, 0.29) is 13.0 Å². The fourth-order valence-corrected chi connectivity index (χ4v) is 2.58. The van der Waals surface area contributed by atoms with Gasteiger partial charge in [-0.1, -0.05) is 46.3 Å².